The molecule has 0 unspecified atom stereocenters. The summed E-state index contributed by atoms with van der Waals surface area (Å²) in [5.74, 6) is -0.940. The van der Waals surface area contributed by atoms with Crippen molar-refractivity contribution in [2.24, 2.45) is 0 Å². The molecule has 150 valence electrons. The molecule has 1 aliphatic rings. The van der Waals surface area contributed by atoms with Crippen LogP contribution in [0.1, 0.15) is 48.5 Å². The molecule has 3 N–H and O–H groups in total. The summed E-state index contributed by atoms with van der Waals surface area (Å²) in [4.78, 5) is 21.1. The minimum absolute atomic E-state index is 0.00918. The standard InChI is InChI=1S/C20H25F2N5O/c1-3-23-18-12(2)11-24-20(27-18)26-15-7-5-14(6-8-15)25-19(28)13-4-9-16(21)17(22)10-13/h4,9-11,14-15H,3,5-8H2,1-2H3,(H,25,28)(H2,23,24,26,27). The SMILES string of the molecule is CCNc1nc(NC2CCC(NC(=O)c3ccc(F)c(F)c3)CC2)ncc1C. The van der Waals surface area contributed by atoms with Gasteiger partial charge in [-0.25, -0.2) is 13.8 Å². The molecule has 3 rings (SSSR count). The molecule has 1 aliphatic carbocycles. The second-order valence-electron chi connectivity index (χ2n) is 7.05. The summed E-state index contributed by atoms with van der Waals surface area (Å²) in [5.41, 5.74) is 1.12. The summed E-state index contributed by atoms with van der Waals surface area (Å²) in [6.07, 6.45) is 5.09. The van der Waals surface area contributed by atoms with Crippen LogP contribution >= 0.6 is 0 Å². The lowest BCUT2D eigenvalue weighted by molar-refractivity contribution is 0.0926. The van der Waals surface area contributed by atoms with Crippen molar-refractivity contribution in [3.8, 4) is 0 Å². The number of rotatable bonds is 6. The van der Waals surface area contributed by atoms with Gasteiger partial charge in [0.2, 0.25) is 5.95 Å². The normalized spacial score (nSPS) is 19.1. The van der Waals surface area contributed by atoms with Crippen molar-refractivity contribution in [3.63, 3.8) is 0 Å². The van der Waals surface area contributed by atoms with Crippen LogP contribution in [0.3, 0.4) is 0 Å². The van der Waals surface area contributed by atoms with Gasteiger partial charge in [-0.3, -0.25) is 4.79 Å². The van der Waals surface area contributed by atoms with E-state index in [4.69, 9.17) is 0 Å². The van der Waals surface area contributed by atoms with Crippen LogP contribution in [0.25, 0.3) is 0 Å². The molecule has 0 spiro atoms. The van der Waals surface area contributed by atoms with Gasteiger partial charge in [-0.15, -0.1) is 0 Å². The van der Waals surface area contributed by atoms with Crippen molar-refractivity contribution >= 4 is 17.7 Å². The number of carbonyl (C=O) groups excluding carboxylic acids is 1. The first-order valence-corrected chi connectivity index (χ1v) is 9.56. The van der Waals surface area contributed by atoms with Crippen LogP contribution in [0.2, 0.25) is 0 Å². The molecule has 6 nitrogen and oxygen atoms in total. The van der Waals surface area contributed by atoms with E-state index in [2.05, 4.69) is 25.9 Å². The van der Waals surface area contributed by atoms with Gasteiger partial charge in [-0.05, 0) is 57.7 Å². The van der Waals surface area contributed by atoms with Crippen LogP contribution in [0, 0.1) is 18.6 Å². The first-order chi connectivity index (χ1) is 13.5. The number of carbonyl (C=O) groups is 1. The number of anilines is 2. The molecule has 1 fully saturated rings. The summed E-state index contributed by atoms with van der Waals surface area (Å²) >= 11 is 0. The Hall–Kier alpha value is -2.77. The van der Waals surface area contributed by atoms with Gasteiger partial charge in [0, 0.05) is 36.0 Å². The lowest BCUT2D eigenvalue weighted by Gasteiger charge is -2.29. The van der Waals surface area contributed by atoms with Crippen LogP contribution in [0.4, 0.5) is 20.5 Å². The lowest BCUT2D eigenvalue weighted by atomic mass is 9.91. The average Bonchev–Trinajstić information content (AvgIpc) is 2.68. The monoisotopic (exact) mass is 389 g/mol. The van der Waals surface area contributed by atoms with Crippen molar-refractivity contribution in [2.75, 3.05) is 17.2 Å². The third-order valence-corrected chi connectivity index (χ3v) is 4.89. The second-order valence-corrected chi connectivity index (χ2v) is 7.05. The molecule has 2 aromatic rings. The molecule has 0 bridgehead atoms. The fourth-order valence-electron chi connectivity index (χ4n) is 3.33. The van der Waals surface area contributed by atoms with Gasteiger partial charge in [0.1, 0.15) is 5.82 Å². The zero-order chi connectivity index (χ0) is 20.1. The molecule has 28 heavy (non-hydrogen) atoms. The number of halogens is 2. The van der Waals surface area contributed by atoms with Crippen LogP contribution in [0.15, 0.2) is 24.4 Å². The van der Waals surface area contributed by atoms with Gasteiger partial charge < -0.3 is 16.0 Å². The number of aromatic nitrogens is 2. The van der Waals surface area contributed by atoms with Crippen LogP contribution < -0.4 is 16.0 Å². The fourth-order valence-corrected chi connectivity index (χ4v) is 3.33. The molecular weight excluding hydrogens is 364 g/mol. The molecule has 1 aromatic heterocycles. The molecule has 1 heterocycles. The number of benzene rings is 1. The number of hydrogen-bond donors (Lipinski definition) is 3. The molecule has 0 radical (unpaired) electrons. The maximum absolute atomic E-state index is 13.3. The molecule has 0 saturated heterocycles. The number of nitrogens with one attached hydrogen (secondary N) is 3. The van der Waals surface area contributed by atoms with E-state index >= 15 is 0 Å². The van der Waals surface area contributed by atoms with Gasteiger partial charge in [0.05, 0.1) is 0 Å². The highest BCUT2D eigenvalue weighted by atomic mass is 19.2. The van der Waals surface area contributed by atoms with Crippen molar-refractivity contribution < 1.29 is 13.6 Å². The van der Waals surface area contributed by atoms with E-state index in [1.165, 1.54) is 6.07 Å². The minimum Gasteiger partial charge on any atom is -0.370 e. The fraction of sp³-hybridized carbons (Fsp3) is 0.450. The molecule has 1 amide bonds. The van der Waals surface area contributed by atoms with Crippen LogP contribution in [0.5, 0.6) is 0 Å². The summed E-state index contributed by atoms with van der Waals surface area (Å²) < 4.78 is 26.3. The highest BCUT2D eigenvalue weighted by molar-refractivity contribution is 5.94. The van der Waals surface area contributed by atoms with E-state index in [0.29, 0.717) is 5.95 Å². The molecule has 1 aromatic carbocycles. The number of aryl methyl sites for hydroxylation is 1. The van der Waals surface area contributed by atoms with E-state index in [1.54, 1.807) is 6.20 Å². The third-order valence-electron chi connectivity index (χ3n) is 4.89. The minimum atomic E-state index is -1.02. The Morgan fingerprint density at radius 2 is 1.86 bits per heavy atom. The zero-order valence-corrected chi connectivity index (χ0v) is 16.1. The Morgan fingerprint density at radius 1 is 1.14 bits per heavy atom. The quantitative estimate of drug-likeness (QED) is 0.703. The highest BCUT2D eigenvalue weighted by Gasteiger charge is 2.23. The Labute approximate surface area is 163 Å². The number of hydrogen-bond acceptors (Lipinski definition) is 5. The third kappa shape index (κ3) is 4.94. The maximum Gasteiger partial charge on any atom is 0.251 e. The smallest absolute Gasteiger partial charge is 0.251 e. The van der Waals surface area contributed by atoms with E-state index in [-0.39, 0.29) is 23.6 Å². The van der Waals surface area contributed by atoms with Gasteiger partial charge in [-0.2, -0.15) is 4.98 Å². The largest absolute Gasteiger partial charge is 0.370 e. The number of nitrogens with zero attached hydrogens (tertiary/aromatic N) is 2. The van der Waals surface area contributed by atoms with E-state index in [1.807, 2.05) is 13.8 Å². The van der Waals surface area contributed by atoms with Crippen molar-refractivity contribution in [1.82, 2.24) is 15.3 Å². The van der Waals surface area contributed by atoms with Crippen molar-refractivity contribution in [1.29, 1.82) is 0 Å². The van der Waals surface area contributed by atoms with Crippen molar-refractivity contribution in [2.45, 2.75) is 51.6 Å². The summed E-state index contributed by atoms with van der Waals surface area (Å²) in [6, 6.07) is 3.42. The molecule has 0 atom stereocenters. The van der Waals surface area contributed by atoms with Crippen molar-refractivity contribution in [3.05, 3.63) is 47.2 Å². The predicted molar refractivity (Wildman–Crippen MR) is 104 cm³/mol. The van der Waals surface area contributed by atoms with Gasteiger partial charge in [-0.1, -0.05) is 0 Å². The second kappa shape index (κ2) is 8.95. The Bertz CT molecular complexity index is 837. The first-order valence-electron chi connectivity index (χ1n) is 9.56. The topological polar surface area (TPSA) is 78.9 Å². The highest BCUT2D eigenvalue weighted by Crippen LogP contribution is 2.22. The van der Waals surface area contributed by atoms with Gasteiger partial charge in [0.25, 0.3) is 5.91 Å². The zero-order valence-electron chi connectivity index (χ0n) is 16.1. The Kier molecular flexibility index (Phi) is 6.38. The van der Waals surface area contributed by atoms with E-state index < -0.39 is 11.6 Å². The average molecular weight is 389 g/mol. The predicted octanol–water partition coefficient (Wildman–Crippen LogP) is 3.65. The Balaban J connectivity index is 1.51. The molecular formula is C20H25F2N5O. The van der Waals surface area contributed by atoms with Gasteiger partial charge >= 0.3 is 0 Å². The van der Waals surface area contributed by atoms with E-state index in [0.717, 1.165) is 55.7 Å². The summed E-state index contributed by atoms with van der Waals surface area (Å²) in [6.45, 7) is 4.77. The van der Waals surface area contributed by atoms with Crippen LogP contribution in [-0.4, -0.2) is 34.5 Å². The summed E-state index contributed by atoms with van der Waals surface area (Å²) in [7, 11) is 0. The van der Waals surface area contributed by atoms with Gasteiger partial charge in [0.15, 0.2) is 11.6 Å². The van der Waals surface area contributed by atoms with E-state index in [9.17, 15) is 13.6 Å². The summed E-state index contributed by atoms with van der Waals surface area (Å²) in [5, 5.41) is 9.48. The maximum atomic E-state index is 13.3. The lowest BCUT2D eigenvalue weighted by Crippen LogP contribution is -2.40. The van der Waals surface area contributed by atoms with Crippen LogP contribution in [-0.2, 0) is 0 Å². The molecule has 0 aliphatic heterocycles. The first kappa shape index (κ1) is 20.0. The Morgan fingerprint density at radius 3 is 2.54 bits per heavy atom. The molecule has 8 heteroatoms. The number of amides is 1. The molecule has 1 saturated carbocycles.